The molecule has 2 atom stereocenters. The van der Waals surface area contributed by atoms with Crippen molar-refractivity contribution in [2.75, 3.05) is 11.1 Å². The summed E-state index contributed by atoms with van der Waals surface area (Å²) in [4.78, 5) is 12.3. The van der Waals surface area contributed by atoms with E-state index in [0.717, 1.165) is 24.4 Å². The summed E-state index contributed by atoms with van der Waals surface area (Å²) in [5.41, 5.74) is 0.598. The Bertz CT molecular complexity index is 1070. The van der Waals surface area contributed by atoms with Crippen molar-refractivity contribution in [3.8, 4) is 0 Å². The molecule has 0 saturated heterocycles. The van der Waals surface area contributed by atoms with E-state index in [0.29, 0.717) is 23.5 Å². The Morgan fingerprint density at radius 1 is 1.13 bits per heavy atom. The second-order valence-electron chi connectivity index (χ2n) is 7.36. The fraction of sp³-hybridized carbons (Fsp3) is 0.318. The van der Waals surface area contributed by atoms with Gasteiger partial charge in [0, 0.05) is 18.2 Å². The molecule has 1 aromatic heterocycles. The summed E-state index contributed by atoms with van der Waals surface area (Å²) < 4.78 is 40.5. The highest BCUT2D eigenvalue weighted by atomic mass is 32.2. The van der Waals surface area contributed by atoms with Gasteiger partial charge in [0.25, 0.3) is 0 Å². The molecule has 0 radical (unpaired) electrons. The van der Waals surface area contributed by atoms with Gasteiger partial charge in [-0.3, -0.25) is 4.79 Å². The average Bonchev–Trinajstić information content (AvgIpc) is 3.44. The number of hydrogen-bond donors (Lipinski definition) is 1. The van der Waals surface area contributed by atoms with E-state index >= 15 is 0 Å². The summed E-state index contributed by atoms with van der Waals surface area (Å²) in [5, 5.41) is 11.8. The maximum Gasteiger partial charge on any atom is 0.416 e. The maximum absolute atomic E-state index is 12.8. The zero-order valence-electron chi connectivity index (χ0n) is 16.8. The Hall–Kier alpha value is -2.81. The minimum Gasteiger partial charge on any atom is -0.325 e. The van der Waals surface area contributed by atoms with E-state index in [9.17, 15) is 18.0 Å². The molecule has 162 valence electrons. The molecule has 1 heterocycles. The van der Waals surface area contributed by atoms with Crippen molar-refractivity contribution in [2.45, 2.75) is 43.1 Å². The van der Waals surface area contributed by atoms with Crippen molar-refractivity contribution >= 4 is 23.4 Å². The lowest BCUT2D eigenvalue weighted by Crippen LogP contribution is -2.15. The lowest BCUT2D eigenvalue weighted by Gasteiger charge is -2.10. The maximum atomic E-state index is 12.8. The summed E-state index contributed by atoms with van der Waals surface area (Å²) in [6.45, 7) is 2.68. The Morgan fingerprint density at radius 2 is 1.90 bits per heavy atom. The van der Waals surface area contributed by atoms with Gasteiger partial charge in [0.15, 0.2) is 5.16 Å². The number of carbonyl (C=O) groups excluding carboxylic acids is 1. The number of carbonyl (C=O) groups is 1. The molecule has 5 nitrogen and oxygen atoms in total. The van der Waals surface area contributed by atoms with Crippen molar-refractivity contribution < 1.29 is 18.0 Å². The standard InChI is InChI=1S/C22H21F3N4OS/c1-2-29-20(18-12-17(18)14-7-4-3-5-8-14)27-28-21(29)31-13-19(30)26-16-10-6-9-15(11-16)22(23,24)25/h3-11,17-18H,2,12-13H2,1H3,(H,26,30). The van der Waals surface area contributed by atoms with Gasteiger partial charge < -0.3 is 9.88 Å². The Balaban J connectivity index is 1.38. The fourth-order valence-corrected chi connectivity index (χ4v) is 4.44. The van der Waals surface area contributed by atoms with E-state index in [1.807, 2.05) is 29.7 Å². The molecule has 4 rings (SSSR count). The molecule has 3 aromatic rings. The molecular weight excluding hydrogens is 425 g/mol. The van der Waals surface area contributed by atoms with Gasteiger partial charge in [-0.05, 0) is 43.0 Å². The minimum atomic E-state index is -4.45. The van der Waals surface area contributed by atoms with Crippen molar-refractivity contribution in [2.24, 2.45) is 0 Å². The number of thioether (sulfide) groups is 1. The van der Waals surface area contributed by atoms with Crippen LogP contribution in [0.4, 0.5) is 18.9 Å². The van der Waals surface area contributed by atoms with Gasteiger partial charge in [-0.1, -0.05) is 48.2 Å². The third-order valence-electron chi connectivity index (χ3n) is 5.22. The van der Waals surface area contributed by atoms with Crippen LogP contribution in [0, 0.1) is 0 Å². The zero-order chi connectivity index (χ0) is 22.0. The van der Waals surface area contributed by atoms with Gasteiger partial charge in [0.2, 0.25) is 5.91 Å². The number of aromatic nitrogens is 3. The quantitative estimate of drug-likeness (QED) is 0.499. The van der Waals surface area contributed by atoms with Crippen LogP contribution < -0.4 is 5.32 Å². The molecule has 1 fully saturated rings. The van der Waals surface area contributed by atoms with Crippen LogP contribution in [-0.2, 0) is 17.5 Å². The van der Waals surface area contributed by atoms with Crippen LogP contribution in [0.15, 0.2) is 59.8 Å². The molecule has 9 heteroatoms. The number of benzene rings is 2. The van der Waals surface area contributed by atoms with Gasteiger partial charge in [0.05, 0.1) is 11.3 Å². The van der Waals surface area contributed by atoms with Crippen molar-refractivity contribution in [1.29, 1.82) is 0 Å². The van der Waals surface area contributed by atoms with E-state index in [1.165, 1.54) is 29.5 Å². The third kappa shape index (κ3) is 4.92. The van der Waals surface area contributed by atoms with Crippen LogP contribution in [0.25, 0.3) is 0 Å². The molecule has 0 aliphatic heterocycles. The predicted molar refractivity (Wildman–Crippen MR) is 113 cm³/mol. The highest BCUT2D eigenvalue weighted by Gasteiger charge is 2.43. The molecule has 0 bridgehead atoms. The summed E-state index contributed by atoms with van der Waals surface area (Å²) >= 11 is 1.23. The molecule has 2 aromatic carbocycles. The van der Waals surface area contributed by atoms with Crippen LogP contribution >= 0.6 is 11.8 Å². The normalized spacial score (nSPS) is 18.1. The first-order valence-electron chi connectivity index (χ1n) is 9.94. The number of amides is 1. The molecule has 1 N–H and O–H groups in total. The van der Waals surface area contributed by atoms with Crippen molar-refractivity contribution in [1.82, 2.24) is 14.8 Å². The lowest BCUT2D eigenvalue weighted by atomic mass is 10.1. The Kier molecular flexibility index (Phi) is 6.04. The minimum absolute atomic E-state index is 0.0289. The van der Waals surface area contributed by atoms with Crippen LogP contribution in [0.2, 0.25) is 0 Å². The number of anilines is 1. The summed E-state index contributed by atoms with van der Waals surface area (Å²) in [7, 11) is 0. The first-order valence-corrected chi connectivity index (χ1v) is 10.9. The number of rotatable bonds is 7. The van der Waals surface area contributed by atoms with E-state index in [-0.39, 0.29) is 11.4 Å². The lowest BCUT2D eigenvalue weighted by molar-refractivity contribution is -0.137. The van der Waals surface area contributed by atoms with Crippen LogP contribution in [0.1, 0.15) is 42.1 Å². The van der Waals surface area contributed by atoms with Crippen LogP contribution in [-0.4, -0.2) is 26.4 Å². The number of alkyl halides is 3. The number of nitrogens with zero attached hydrogens (tertiary/aromatic N) is 3. The monoisotopic (exact) mass is 446 g/mol. The molecule has 1 saturated carbocycles. The number of halogens is 3. The number of nitrogens with one attached hydrogen (secondary N) is 1. The topological polar surface area (TPSA) is 59.8 Å². The Labute approximate surface area is 182 Å². The average molecular weight is 446 g/mol. The van der Waals surface area contributed by atoms with E-state index < -0.39 is 17.6 Å². The van der Waals surface area contributed by atoms with Gasteiger partial charge in [-0.2, -0.15) is 13.2 Å². The van der Waals surface area contributed by atoms with E-state index in [1.54, 1.807) is 0 Å². The predicted octanol–water partition coefficient (Wildman–Crippen LogP) is 5.32. The summed E-state index contributed by atoms with van der Waals surface area (Å²) in [5.74, 6) is 1.28. The molecular formula is C22H21F3N4OS. The first kappa shape index (κ1) is 21.4. The molecule has 2 unspecified atom stereocenters. The van der Waals surface area contributed by atoms with Crippen molar-refractivity contribution in [3.05, 3.63) is 71.5 Å². The Morgan fingerprint density at radius 3 is 2.61 bits per heavy atom. The van der Waals surface area contributed by atoms with Gasteiger partial charge in [0.1, 0.15) is 5.82 Å². The number of hydrogen-bond acceptors (Lipinski definition) is 4. The second-order valence-corrected chi connectivity index (χ2v) is 8.30. The smallest absolute Gasteiger partial charge is 0.325 e. The van der Waals surface area contributed by atoms with E-state index in [2.05, 4.69) is 27.6 Å². The van der Waals surface area contributed by atoms with Crippen molar-refractivity contribution in [3.63, 3.8) is 0 Å². The highest BCUT2D eigenvalue weighted by molar-refractivity contribution is 7.99. The molecule has 31 heavy (non-hydrogen) atoms. The zero-order valence-corrected chi connectivity index (χ0v) is 17.6. The summed E-state index contributed by atoms with van der Waals surface area (Å²) in [6, 6.07) is 14.9. The first-order chi connectivity index (χ1) is 14.9. The molecule has 0 spiro atoms. The molecule has 1 aliphatic rings. The van der Waals surface area contributed by atoms with E-state index in [4.69, 9.17) is 0 Å². The summed E-state index contributed by atoms with van der Waals surface area (Å²) in [6.07, 6.45) is -3.44. The molecule has 1 amide bonds. The van der Waals surface area contributed by atoms with Gasteiger partial charge in [-0.25, -0.2) is 0 Å². The van der Waals surface area contributed by atoms with Gasteiger partial charge >= 0.3 is 6.18 Å². The second kappa shape index (κ2) is 8.74. The van der Waals surface area contributed by atoms with Gasteiger partial charge in [-0.15, -0.1) is 10.2 Å². The van der Waals surface area contributed by atoms with Crippen LogP contribution in [0.3, 0.4) is 0 Å². The fourth-order valence-electron chi connectivity index (χ4n) is 3.63. The third-order valence-corrected chi connectivity index (χ3v) is 6.18. The highest BCUT2D eigenvalue weighted by Crippen LogP contribution is 2.54. The largest absolute Gasteiger partial charge is 0.416 e. The van der Waals surface area contributed by atoms with Crippen LogP contribution in [0.5, 0.6) is 0 Å². The molecule has 1 aliphatic carbocycles. The SMILES string of the molecule is CCn1c(SCC(=O)Nc2cccc(C(F)(F)F)c2)nnc1C1CC1c1ccccc1.